The van der Waals surface area contributed by atoms with Gasteiger partial charge in [0.1, 0.15) is 11.8 Å². The van der Waals surface area contributed by atoms with E-state index in [-0.39, 0.29) is 5.91 Å². The van der Waals surface area contributed by atoms with Gasteiger partial charge in [0, 0.05) is 6.42 Å². The zero-order valence-electron chi connectivity index (χ0n) is 10.8. The summed E-state index contributed by atoms with van der Waals surface area (Å²) in [5, 5.41) is 2.68. The third-order valence-corrected chi connectivity index (χ3v) is 3.01. The lowest BCUT2D eigenvalue weighted by Crippen LogP contribution is -2.42. The first-order valence-electron chi connectivity index (χ1n) is 6.30. The molecule has 5 nitrogen and oxygen atoms in total. The Labute approximate surface area is 111 Å². The first-order valence-corrected chi connectivity index (χ1v) is 6.30. The van der Waals surface area contributed by atoms with E-state index in [0.717, 1.165) is 5.56 Å². The fraction of sp³-hybridized carbons (Fsp3) is 0.357. The van der Waals surface area contributed by atoms with Gasteiger partial charge in [0.05, 0.1) is 0 Å². The first-order chi connectivity index (χ1) is 9.11. The topological polar surface area (TPSA) is 84.6 Å². The minimum Gasteiger partial charge on any atom is -0.330 e. The second-order valence-corrected chi connectivity index (χ2v) is 4.63. The molecule has 1 heterocycles. The summed E-state index contributed by atoms with van der Waals surface area (Å²) in [6.07, 6.45) is 1.22. The number of benzene rings is 1. The number of carbonyl (C=O) groups is 2. The highest BCUT2D eigenvalue weighted by Gasteiger charge is 2.32. The second kappa shape index (κ2) is 5.75. The highest BCUT2D eigenvalue weighted by atomic mass is 16.2. The van der Waals surface area contributed by atoms with Crippen molar-refractivity contribution in [2.75, 3.05) is 6.54 Å². The predicted octanol–water partition coefficient (Wildman–Crippen LogP) is 0.872. The minimum absolute atomic E-state index is 0.308. The van der Waals surface area contributed by atoms with Crippen LogP contribution in [0.2, 0.25) is 0 Å². The van der Waals surface area contributed by atoms with Crippen LogP contribution >= 0.6 is 0 Å². The van der Waals surface area contributed by atoms with Crippen molar-refractivity contribution in [2.24, 2.45) is 10.7 Å². The van der Waals surface area contributed by atoms with Crippen molar-refractivity contribution in [3.8, 4) is 0 Å². The van der Waals surface area contributed by atoms with Crippen LogP contribution in [0.1, 0.15) is 29.9 Å². The molecule has 2 amide bonds. The molecule has 1 atom stereocenters. The van der Waals surface area contributed by atoms with Gasteiger partial charge in [-0.2, -0.15) is 4.99 Å². The Bertz CT molecular complexity index is 537. The van der Waals surface area contributed by atoms with Gasteiger partial charge >= 0.3 is 0 Å². The Morgan fingerprint density at radius 2 is 2.16 bits per heavy atom. The van der Waals surface area contributed by atoms with Crippen LogP contribution in [0.25, 0.3) is 0 Å². The summed E-state index contributed by atoms with van der Waals surface area (Å²) in [4.78, 5) is 28.0. The van der Waals surface area contributed by atoms with Gasteiger partial charge in [0.15, 0.2) is 0 Å². The largest absolute Gasteiger partial charge is 0.330 e. The zero-order chi connectivity index (χ0) is 13.8. The number of carbonyl (C=O) groups excluding carboxylic acids is 2. The molecule has 0 radical (unpaired) electrons. The van der Waals surface area contributed by atoms with Crippen molar-refractivity contribution in [3.05, 3.63) is 35.4 Å². The van der Waals surface area contributed by atoms with Crippen LogP contribution in [0.15, 0.2) is 29.3 Å². The average Bonchev–Trinajstić information content (AvgIpc) is 2.35. The normalized spacial score (nSPS) is 19.1. The van der Waals surface area contributed by atoms with Gasteiger partial charge < -0.3 is 11.1 Å². The predicted molar refractivity (Wildman–Crippen MR) is 72.8 cm³/mol. The van der Waals surface area contributed by atoms with Crippen molar-refractivity contribution in [1.29, 1.82) is 0 Å². The number of nitrogens with two attached hydrogens (primary N) is 1. The highest BCUT2D eigenvalue weighted by Crippen LogP contribution is 2.21. The van der Waals surface area contributed by atoms with Crippen LogP contribution in [0, 0.1) is 6.92 Å². The van der Waals surface area contributed by atoms with Gasteiger partial charge in [-0.1, -0.05) is 29.8 Å². The number of nitrogens with zero attached hydrogens (tertiary/aromatic N) is 1. The van der Waals surface area contributed by atoms with Gasteiger partial charge in [-0.15, -0.1) is 0 Å². The Kier molecular flexibility index (Phi) is 4.06. The Morgan fingerprint density at radius 3 is 2.79 bits per heavy atom. The van der Waals surface area contributed by atoms with E-state index in [1.165, 1.54) is 0 Å². The van der Waals surface area contributed by atoms with E-state index in [4.69, 9.17) is 5.73 Å². The van der Waals surface area contributed by atoms with Crippen LogP contribution in [-0.4, -0.2) is 24.2 Å². The van der Waals surface area contributed by atoms with Gasteiger partial charge in [-0.25, -0.2) is 0 Å². The number of amides is 2. The van der Waals surface area contributed by atoms with Crippen molar-refractivity contribution in [3.63, 3.8) is 0 Å². The average molecular weight is 259 g/mol. The Hall–Kier alpha value is -2.01. The molecule has 1 unspecified atom stereocenters. The fourth-order valence-electron chi connectivity index (χ4n) is 2.08. The molecule has 1 aliphatic heterocycles. The number of aryl methyl sites for hydroxylation is 1. The molecule has 0 aromatic heterocycles. The monoisotopic (exact) mass is 259 g/mol. The molecule has 1 aromatic carbocycles. The van der Waals surface area contributed by atoms with Crippen LogP contribution in [-0.2, 0) is 9.59 Å². The lowest BCUT2D eigenvalue weighted by molar-refractivity contribution is -0.129. The van der Waals surface area contributed by atoms with Crippen molar-refractivity contribution in [1.82, 2.24) is 5.32 Å². The molecule has 100 valence electrons. The molecule has 1 aromatic rings. The molecule has 0 aliphatic carbocycles. The van der Waals surface area contributed by atoms with Gasteiger partial charge in [-0.05, 0) is 25.5 Å². The summed E-state index contributed by atoms with van der Waals surface area (Å²) < 4.78 is 0. The molecule has 0 saturated heterocycles. The molecular weight excluding hydrogens is 242 g/mol. The van der Waals surface area contributed by atoms with Crippen molar-refractivity contribution >= 4 is 17.6 Å². The number of rotatable bonds is 4. The van der Waals surface area contributed by atoms with E-state index in [2.05, 4.69) is 10.3 Å². The minimum atomic E-state index is -0.832. The fourth-order valence-corrected chi connectivity index (χ4v) is 2.08. The molecule has 0 saturated carbocycles. The van der Waals surface area contributed by atoms with E-state index < -0.39 is 11.8 Å². The number of nitrogens with one attached hydrogen (secondary N) is 1. The van der Waals surface area contributed by atoms with E-state index in [1.54, 1.807) is 6.07 Å². The third kappa shape index (κ3) is 3.06. The first kappa shape index (κ1) is 13.4. The lowest BCUT2D eigenvalue weighted by atomic mass is 9.94. The summed E-state index contributed by atoms with van der Waals surface area (Å²) in [5.74, 6) is -1.12. The molecule has 19 heavy (non-hydrogen) atoms. The van der Waals surface area contributed by atoms with Gasteiger partial charge in [0.25, 0.3) is 5.91 Å². The Balaban J connectivity index is 2.22. The SMILES string of the molecule is Cc1cccc(C2C(=O)N=C(CCCN)NC2=O)c1. The van der Waals surface area contributed by atoms with Crippen LogP contribution < -0.4 is 11.1 Å². The molecule has 0 spiro atoms. The summed E-state index contributed by atoms with van der Waals surface area (Å²) in [6.45, 7) is 2.43. The maximum absolute atomic E-state index is 12.0. The summed E-state index contributed by atoms with van der Waals surface area (Å²) in [6, 6.07) is 7.36. The van der Waals surface area contributed by atoms with E-state index in [1.807, 2.05) is 25.1 Å². The molecule has 1 aliphatic rings. The molecule has 3 N–H and O–H groups in total. The van der Waals surface area contributed by atoms with Crippen LogP contribution in [0.3, 0.4) is 0 Å². The highest BCUT2D eigenvalue weighted by molar-refractivity contribution is 6.19. The molecule has 0 fully saturated rings. The lowest BCUT2D eigenvalue weighted by Gasteiger charge is -2.20. The summed E-state index contributed by atoms with van der Waals surface area (Å²) >= 11 is 0. The number of hydrogen-bond donors (Lipinski definition) is 2. The van der Waals surface area contributed by atoms with Crippen molar-refractivity contribution in [2.45, 2.75) is 25.7 Å². The quantitative estimate of drug-likeness (QED) is 0.787. The zero-order valence-corrected chi connectivity index (χ0v) is 10.8. The van der Waals surface area contributed by atoms with Gasteiger partial charge in [-0.3, -0.25) is 9.59 Å². The molecular formula is C14H17N3O2. The van der Waals surface area contributed by atoms with Gasteiger partial charge in [0.2, 0.25) is 5.91 Å². The number of amidine groups is 1. The second-order valence-electron chi connectivity index (χ2n) is 4.63. The van der Waals surface area contributed by atoms with E-state index in [0.29, 0.717) is 30.8 Å². The van der Waals surface area contributed by atoms with Crippen LogP contribution in [0.4, 0.5) is 0 Å². The summed E-state index contributed by atoms with van der Waals surface area (Å²) in [7, 11) is 0. The maximum atomic E-state index is 12.0. The maximum Gasteiger partial charge on any atom is 0.264 e. The smallest absolute Gasteiger partial charge is 0.264 e. The third-order valence-electron chi connectivity index (χ3n) is 3.01. The van der Waals surface area contributed by atoms with Crippen LogP contribution in [0.5, 0.6) is 0 Å². The summed E-state index contributed by atoms with van der Waals surface area (Å²) in [5.41, 5.74) is 7.09. The standard InChI is InChI=1S/C14H17N3O2/c1-9-4-2-5-10(8-9)12-13(18)16-11(6-3-7-15)17-14(12)19/h2,4-5,8,12H,3,6-7,15H2,1H3,(H,16,17,18,19). The van der Waals surface area contributed by atoms with E-state index >= 15 is 0 Å². The van der Waals surface area contributed by atoms with Crippen molar-refractivity contribution < 1.29 is 9.59 Å². The Morgan fingerprint density at radius 1 is 1.37 bits per heavy atom. The number of hydrogen-bond acceptors (Lipinski definition) is 3. The number of aliphatic imine (C=N–C) groups is 1. The molecule has 0 bridgehead atoms. The molecule has 2 rings (SSSR count). The van der Waals surface area contributed by atoms with E-state index in [9.17, 15) is 9.59 Å². The molecule has 5 heteroatoms.